The summed E-state index contributed by atoms with van der Waals surface area (Å²) in [5.74, 6) is 0.491. The van der Waals surface area contributed by atoms with Gasteiger partial charge in [-0.15, -0.1) is 0 Å². The number of H-pyrrole nitrogens is 1. The van der Waals surface area contributed by atoms with Crippen LogP contribution in [0.2, 0.25) is 0 Å². The number of benzene rings is 1. The van der Waals surface area contributed by atoms with E-state index >= 15 is 0 Å². The van der Waals surface area contributed by atoms with E-state index in [0.29, 0.717) is 5.92 Å². The molecule has 4 heteroatoms. The molecule has 0 aliphatic rings. The van der Waals surface area contributed by atoms with Gasteiger partial charge in [0.05, 0.1) is 12.3 Å². The van der Waals surface area contributed by atoms with Crippen molar-refractivity contribution in [2.45, 2.75) is 6.92 Å². The molecule has 1 unspecified atom stereocenters. The first-order valence-electron chi connectivity index (χ1n) is 6.12. The highest BCUT2D eigenvalue weighted by atomic mass is 16.5. The van der Waals surface area contributed by atoms with Crippen LogP contribution in [0.15, 0.2) is 36.5 Å². The third-order valence-corrected chi connectivity index (χ3v) is 2.78. The summed E-state index contributed by atoms with van der Waals surface area (Å²) in [6.45, 7) is 3.84. The van der Waals surface area contributed by atoms with Gasteiger partial charge in [-0.25, -0.2) is 0 Å². The third kappa shape index (κ3) is 3.34. The number of rotatable bonds is 6. The molecule has 0 aliphatic carbocycles. The molecule has 2 rings (SSSR count). The fourth-order valence-electron chi connectivity index (χ4n) is 1.85. The van der Waals surface area contributed by atoms with Gasteiger partial charge >= 0.3 is 0 Å². The minimum absolute atomic E-state index is 0.491. The Bertz CT molecular complexity index is 468. The lowest BCUT2D eigenvalue weighted by Gasteiger charge is -2.13. The van der Waals surface area contributed by atoms with Crippen molar-refractivity contribution in [1.29, 1.82) is 0 Å². The summed E-state index contributed by atoms with van der Waals surface area (Å²) in [6, 6.07) is 10.3. The number of aromatic nitrogens is 2. The summed E-state index contributed by atoms with van der Waals surface area (Å²) in [4.78, 5) is 0. The Morgan fingerprint density at radius 3 is 3.00 bits per heavy atom. The van der Waals surface area contributed by atoms with E-state index in [1.165, 1.54) is 0 Å². The number of nitrogens with one attached hydrogen (secondary N) is 2. The summed E-state index contributed by atoms with van der Waals surface area (Å²) in [5, 5.41) is 10.4. The first kappa shape index (κ1) is 12.6. The quantitative estimate of drug-likeness (QED) is 0.822. The Morgan fingerprint density at radius 2 is 2.28 bits per heavy atom. The van der Waals surface area contributed by atoms with Crippen LogP contribution in [0.1, 0.15) is 6.92 Å². The van der Waals surface area contributed by atoms with Gasteiger partial charge in [-0.3, -0.25) is 5.10 Å². The van der Waals surface area contributed by atoms with Crippen molar-refractivity contribution < 1.29 is 4.74 Å². The number of hydrogen-bond acceptors (Lipinski definition) is 3. The van der Waals surface area contributed by atoms with Crippen LogP contribution in [0.4, 0.5) is 5.69 Å². The van der Waals surface area contributed by atoms with Crippen LogP contribution in [0.25, 0.3) is 11.3 Å². The van der Waals surface area contributed by atoms with Crippen LogP contribution < -0.4 is 5.32 Å². The SMILES string of the molecule is COCC(C)CNc1cccc(-c2ccn[nH]2)c1. The van der Waals surface area contributed by atoms with Gasteiger partial charge in [0.2, 0.25) is 0 Å². The highest BCUT2D eigenvalue weighted by molar-refractivity contribution is 5.64. The summed E-state index contributed by atoms with van der Waals surface area (Å²) < 4.78 is 5.12. The maximum Gasteiger partial charge on any atom is 0.0650 e. The van der Waals surface area contributed by atoms with E-state index in [2.05, 4.69) is 40.6 Å². The summed E-state index contributed by atoms with van der Waals surface area (Å²) in [5.41, 5.74) is 3.28. The first-order valence-corrected chi connectivity index (χ1v) is 6.12. The zero-order valence-electron chi connectivity index (χ0n) is 10.8. The average molecular weight is 245 g/mol. The normalized spacial score (nSPS) is 12.3. The highest BCUT2D eigenvalue weighted by Gasteiger charge is 2.03. The molecule has 0 fully saturated rings. The van der Waals surface area contributed by atoms with Crippen LogP contribution in [0.3, 0.4) is 0 Å². The number of hydrogen-bond donors (Lipinski definition) is 2. The van der Waals surface area contributed by atoms with Crippen molar-refractivity contribution in [1.82, 2.24) is 10.2 Å². The number of nitrogens with zero attached hydrogens (tertiary/aromatic N) is 1. The highest BCUT2D eigenvalue weighted by Crippen LogP contribution is 2.20. The van der Waals surface area contributed by atoms with E-state index in [4.69, 9.17) is 4.74 Å². The van der Waals surface area contributed by atoms with Crippen molar-refractivity contribution in [3.05, 3.63) is 36.5 Å². The van der Waals surface area contributed by atoms with Crippen molar-refractivity contribution in [2.75, 3.05) is 25.6 Å². The minimum atomic E-state index is 0.491. The number of ether oxygens (including phenoxy) is 1. The minimum Gasteiger partial charge on any atom is -0.385 e. The summed E-state index contributed by atoms with van der Waals surface area (Å²) in [7, 11) is 1.73. The van der Waals surface area contributed by atoms with Gasteiger partial charge in [0.1, 0.15) is 0 Å². The number of methoxy groups -OCH3 is 1. The zero-order valence-corrected chi connectivity index (χ0v) is 10.8. The van der Waals surface area contributed by atoms with Gasteiger partial charge in [-0.2, -0.15) is 5.10 Å². The second-order valence-corrected chi connectivity index (χ2v) is 4.49. The lowest BCUT2D eigenvalue weighted by atomic mass is 10.1. The monoisotopic (exact) mass is 245 g/mol. The molecule has 4 nitrogen and oxygen atoms in total. The third-order valence-electron chi connectivity index (χ3n) is 2.78. The van der Waals surface area contributed by atoms with E-state index in [-0.39, 0.29) is 0 Å². The van der Waals surface area contributed by atoms with Gasteiger partial charge in [-0.1, -0.05) is 19.1 Å². The fourth-order valence-corrected chi connectivity index (χ4v) is 1.85. The first-order chi connectivity index (χ1) is 8.79. The predicted octanol–water partition coefficient (Wildman–Crippen LogP) is 2.77. The zero-order chi connectivity index (χ0) is 12.8. The van der Waals surface area contributed by atoms with Crippen molar-refractivity contribution in [3.8, 4) is 11.3 Å². The van der Waals surface area contributed by atoms with Crippen LogP contribution in [-0.2, 0) is 4.74 Å². The van der Waals surface area contributed by atoms with Crippen LogP contribution in [-0.4, -0.2) is 30.5 Å². The van der Waals surface area contributed by atoms with E-state index < -0.39 is 0 Å². The smallest absolute Gasteiger partial charge is 0.0650 e. The lowest BCUT2D eigenvalue weighted by molar-refractivity contribution is 0.164. The molecule has 1 aromatic carbocycles. The molecule has 0 aliphatic heterocycles. The molecule has 96 valence electrons. The molecule has 2 N–H and O–H groups in total. The van der Waals surface area contributed by atoms with E-state index in [1.807, 2.05) is 12.1 Å². The molecule has 2 aromatic rings. The fraction of sp³-hybridized carbons (Fsp3) is 0.357. The molecular weight excluding hydrogens is 226 g/mol. The molecule has 0 saturated carbocycles. The Kier molecular flexibility index (Phi) is 4.36. The van der Waals surface area contributed by atoms with Gasteiger partial charge in [0, 0.05) is 31.1 Å². The molecule has 1 heterocycles. The Labute approximate surface area is 107 Å². The predicted molar refractivity (Wildman–Crippen MR) is 73.6 cm³/mol. The van der Waals surface area contributed by atoms with Gasteiger partial charge in [0.25, 0.3) is 0 Å². The van der Waals surface area contributed by atoms with Crippen molar-refractivity contribution in [3.63, 3.8) is 0 Å². The van der Waals surface area contributed by atoms with Gasteiger partial charge in [-0.05, 0) is 24.1 Å². The van der Waals surface area contributed by atoms with Crippen LogP contribution in [0, 0.1) is 5.92 Å². The van der Waals surface area contributed by atoms with Gasteiger partial charge < -0.3 is 10.1 Å². The average Bonchev–Trinajstić information content (AvgIpc) is 2.91. The topological polar surface area (TPSA) is 49.9 Å². The van der Waals surface area contributed by atoms with Crippen molar-refractivity contribution >= 4 is 5.69 Å². The largest absolute Gasteiger partial charge is 0.385 e. The Hall–Kier alpha value is -1.81. The van der Waals surface area contributed by atoms with E-state index in [0.717, 1.165) is 30.1 Å². The molecule has 0 radical (unpaired) electrons. The van der Waals surface area contributed by atoms with Gasteiger partial charge in [0.15, 0.2) is 0 Å². The molecule has 18 heavy (non-hydrogen) atoms. The Morgan fingerprint density at radius 1 is 1.39 bits per heavy atom. The van der Waals surface area contributed by atoms with Crippen molar-refractivity contribution in [2.24, 2.45) is 5.92 Å². The second kappa shape index (κ2) is 6.21. The standard InChI is InChI=1S/C14H19N3O/c1-11(10-18-2)9-15-13-5-3-4-12(8-13)14-6-7-16-17-14/h3-8,11,15H,9-10H2,1-2H3,(H,16,17). The molecule has 0 amide bonds. The molecule has 1 aromatic heterocycles. The molecule has 0 bridgehead atoms. The summed E-state index contributed by atoms with van der Waals surface area (Å²) in [6.07, 6.45) is 1.76. The maximum absolute atomic E-state index is 5.12. The summed E-state index contributed by atoms with van der Waals surface area (Å²) >= 11 is 0. The molecule has 0 spiro atoms. The maximum atomic E-state index is 5.12. The second-order valence-electron chi connectivity index (χ2n) is 4.49. The number of anilines is 1. The van der Waals surface area contributed by atoms with Crippen LogP contribution in [0.5, 0.6) is 0 Å². The lowest BCUT2D eigenvalue weighted by Crippen LogP contribution is -2.15. The van der Waals surface area contributed by atoms with E-state index in [1.54, 1.807) is 13.3 Å². The van der Waals surface area contributed by atoms with Crippen LogP contribution >= 0.6 is 0 Å². The number of aromatic amines is 1. The van der Waals surface area contributed by atoms with E-state index in [9.17, 15) is 0 Å². The molecular formula is C14H19N3O. The Balaban J connectivity index is 2.00. The molecule has 1 atom stereocenters. The molecule has 0 saturated heterocycles.